The highest BCUT2D eigenvalue weighted by molar-refractivity contribution is 7.92. The van der Waals surface area contributed by atoms with Crippen LogP contribution in [0, 0.1) is 88.3 Å². The number of nitrogens with one attached hydrogen (secondary N) is 2. The summed E-state index contributed by atoms with van der Waals surface area (Å²) in [4.78, 5) is 0. The molecule has 6 N–H and O–H groups in total. The van der Waals surface area contributed by atoms with E-state index < -0.39 is 27.2 Å². The molecule has 0 spiro atoms. The number of nitrogen functional groups attached to an aromatic ring is 1. The fourth-order valence-electron chi connectivity index (χ4n) is 12.4. The zero-order valence-electron chi connectivity index (χ0n) is 54.6. The Balaban J connectivity index is 0. The van der Waals surface area contributed by atoms with E-state index in [9.17, 15) is 16.8 Å². The van der Waals surface area contributed by atoms with Crippen LogP contribution in [0.1, 0.15) is 179 Å². The predicted octanol–water partition coefficient (Wildman–Crippen LogP) is 16.3. The molecule has 7 saturated carbocycles. The predicted molar refractivity (Wildman–Crippen MR) is 368 cm³/mol. The Morgan fingerprint density at radius 3 is 1.28 bits per heavy atom. The number of benzene rings is 3. The first kappa shape index (κ1) is 80.1. The molecule has 0 aromatic heterocycles. The lowest BCUT2D eigenvalue weighted by atomic mass is 9.31. The van der Waals surface area contributed by atoms with Crippen molar-refractivity contribution in [3.05, 3.63) is 107 Å². The number of nitrogens with two attached hydrogens (primary N) is 1. The quantitative estimate of drug-likeness (QED) is 0.0431. The van der Waals surface area contributed by atoms with Crippen molar-refractivity contribution in [3.63, 3.8) is 0 Å². The molecule has 0 heterocycles. The van der Waals surface area contributed by atoms with Crippen molar-refractivity contribution >= 4 is 78.1 Å². The molecule has 0 saturated heterocycles. The second-order valence-electron chi connectivity index (χ2n) is 23.3. The second-order valence-corrected chi connectivity index (χ2v) is 26.8. The van der Waals surface area contributed by atoms with Gasteiger partial charge in [-0.25, -0.2) is 16.8 Å². The Kier molecular flexibility index (Phi) is 38.0. The van der Waals surface area contributed by atoms with E-state index in [4.69, 9.17) is 28.6 Å². The number of thiol groups is 1. The van der Waals surface area contributed by atoms with Crippen molar-refractivity contribution in [1.82, 2.24) is 0 Å². The van der Waals surface area contributed by atoms with Gasteiger partial charge < -0.3 is 15.8 Å². The van der Waals surface area contributed by atoms with E-state index in [0.717, 1.165) is 93.9 Å². The molecule has 9 aliphatic rings. The van der Waals surface area contributed by atoms with Gasteiger partial charge in [0.2, 0.25) is 20.0 Å². The van der Waals surface area contributed by atoms with Gasteiger partial charge in [0.05, 0.1) is 20.4 Å². The first-order valence-electron chi connectivity index (χ1n) is 30.0. The summed E-state index contributed by atoms with van der Waals surface area (Å²) in [5.74, 6) is 15.8. The molecule has 3 radical (unpaired) electrons. The third-order valence-electron chi connectivity index (χ3n) is 17.2. The van der Waals surface area contributed by atoms with Crippen molar-refractivity contribution in [2.75, 3.05) is 33.9 Å². The zero-order valence-corrected chi connectivity index (χ0v) is 57.2. The van der Waals surface area contributed by atoms with Gasteiger partial charge in [0.15, 0.2) is 0 Å². The number of anilines is 3. The fourth-order valence-corrected chi connectivity index (χ4v) is 13.5. The minimum absolute atomic E-state index is 0.462. The van der Waals surface area contributed by atoms with E-state index in [1.165, 1.54) is 63.8 Å². The molecular weight excluding hydrogens is 1070 g/mol. The van der Waals surface area contributed by atoms with Crippen LogP contribution in [0.25, 0.3) is 6.08 Å². The lowest BCUT2D eigenvalue weighted by molar-refractivity contribution is -0.106. The molecule has 12 rings (SSSR count). The van der Waals surface area contributed by atoms with Crippen molar-refractivity contribution in [2.45, 2.75) is 181 Å². The molecule has 3 aromatic rings. The summed E-state index contributed by atoms with van der Waals surface area (Å²) >= 11 is 3.53. The molecule has 6 bridgehead atoms. The standard InChI is InChI=1S/C20H34B.C10H16.C9H12BNO4S.C9H9NO2S.C8H7N.C3H8.3C2H6.CH3B.CH4S/c1-11-15-7-13(19(15,3)4)9-17(11)21-18-10-14-8-16(12(18)2)20(14,5)6;1-7-4-5-8-6-9(7)10(8,2)3;1-16(14,15)11-9-4-2-8(3-5-9)6-7-10(12)13;1-3-8-4-6-9(7-5-8)10-13(2,11)12;1-2-7-3-5-8(9)6-4-7;1-3-2;5*1-2/h11-18H,7-10H2,1-6H3;4,8-9H,5-6H2,1-3H3;2-7,11-13H,1H3;1,4-7,10H,2H3;1,3-6H,9H2;3H2,1-2H3;3*1-2H3;1H3;2H,1H3/b;;7-6+;;;;;;;;/t11?,12?,13-,14-,15+,16+,17?,18?;8-,9-;;;;;;;;;/m01........./s1. The summed E-state index contributed by atoms with van der Waals surface area (Å²) in [5, 5.41) is 17.2. The van der Waals surface area contributed by atoms with E-state index in [-0.39, 0.29) is 0 Å². The van der Waals surface area contributed by atoms with Crippen LogP contribution in [0.4, 0.5) is 17.1 Å². The maximum atomic E-state index is 10.9. The monoisotopic (exact) mass is 1180 g/mol. The Labute approximate surface area is 512 Å². The molecule has 82 heavy (non-hydrogen) atoms. The van der Waals surface area contributed by atoms with Gasteiger partial charge in [-0.05, 0) is 169 Å². The van der Waals surface area contributed by atoms with E-state index in [1.807, 2.05) is 53.7 Å². The van der Waals surface area contributed by atoms with Gasteiger partial charge in [-0.15, -0.1) is 12.8 Å². The average molecular weight is 1180 g/mol. The summed E-state index contributed by atoms with van der Waals surface area (Å²) in [6, 6.07) is 20.3. The number of hydrogen-bond donors (Lipinski definition) is 6. The molecule has 3 aromatic carbocycles. The number of hydrogen-bond acceptors (Lipinski definition) is 8. The van der Waals surface area contributed by atoms with Crippen LogP contribution in [0.5, 0.6) is 0 Å². The Morgan fingerprint density at radius 2 is 1.01 bits per heavy atom. The maximum Gasteiger partial charge on any atom is 0.480 e. The van der Waals surface area contributed by atoms with Gasteiger partial charge in [0.1, 0.15) is 7.28 Å². The highest BCUT2D eigenvalue weighted by Gasteiger charge is 2.59. The number of terminal acetylenes is 2. The van der Waals surface area contributed by atoms with Gasteiger partial charge >= 0.3 is 7.12 Å². The first-order valence-corrected chi connectivity index (χ1v) is 34.7. The van der Waals surface area contributed by atoms with Crippen LogP contribution in [0.15, 0.2) is 90.4 Å². The van der Waals surface area contributed by atoms with Gasteiger partial charge in [0.25, 0.3) is 0 Å². The Bertz CT molecular complexity index is 2570. The summed E-state index contributed by atoms with van der Waals surface area (Å²) < 4.78 is 48.1. The summed E-state index contributed by atoms with van der Waals surface area (Å²) in [6.45, 7) is 40.1. The highest BCUT2D eigenvalue weighted by atomic mass is 32.2. The minimum atomic E-state index is -3.26. The van der Waals surface area contributed by atoms with Gasteiger partial charge in [-0.2, -0.15) is 12.6 Å². The number of allylic oxidation sites excluding steroid dienone is 2. The first-order chi connectivity index (χ1) is 38.5. The minimum Gasteiger partial charge on any atom is -0.424 e. The van der Waals surface area contributed by atoms with Crippen LogP contribution in [-0.2, 0) is 20.0 Å². The van der Waals surface area contributed by atoms with Crippen molar-refractivity contribution in [3.8, 4) is 24.7 Å². The average Bonchev–Trinajstić information content (AvgIpc) is 3.44. The van der Waals surface area contributed by atoms with Crippen molar-refractivity contribution in [1.29, 1.82) is 0 Å². The molecule has 15 heteroatoms. The molecule has 0 aliphatic heterocycles. The molecule has 0 amide bonds. The van der Waals surface area contributed by atoms with E-state index in [0.29, 0.717) is 27.6 Å². The van der Waals surface area contributed by atoms with E-state index in [1.54, 1.807) is 72.5 Å². The Hall–Kier alpha value is -3.98. The third kappa shape index (κ3) is 25.3. The fraction of sp³-hybridized carbons (Fsp3) is 0.612. The molecule has 457 valence electrons. The molecule has 9 aliphatic carbocycles. The second kappa shape index (κ2) is 38.9. The maximum absolute atomic E-state index is 10.9. The molecule has 10 atom stereocenters. The number of fused-ring (bicyclic) bond motifs is 5. The summed E-state index contributed by atoms with van der Waals surface area (Å²) in [6.07, 6.45) is 28.2. The van der Waals surface area contributed by atoms with Crippen LogP contribution in [0.3, 0.4) is 0 Å². The third-order valence-corrected chi connectivity index (χ3v) is 18.4. The van der Waals surface area contributed by atoms with Crippen molar-refractivity contribution < 1.29 is 26.9 Å². The lowest BCUT2D eigenvalue weighted by Crippen LogP contribution is -2.57. The number of sulfonamides is 2. The summed E-state index contributed by atoms with van der Waals surface area (Å²) in [7, 11) is -0.595. The van der Waals surface area contributed by atoms with Crippen LogP contribution in [-0.4, -0.2) is 67.9 Å². The SMILES string of the molecule is C#Cc1ccc(N)cc1.C#Cc1ccc(NS(C)(=O)=O)cc1.CC.CC.CC.CC1=CC[C@@H]2C[C@H]1C2(C)C.CC1C([B]C2C[C@@H]3C[C@H](C2C)C3(C)C)C[C@@H]2C[C@H]1C2(C)C.CCC.CS.CS(=O)(=O)Nc1ccc(/C=C/B(O)O)cc1.[B]C. The summed E-state index contributed by atoms with van der Waals surface area (Å²) in [5.41, 5.74) is 13.0. The highest BCUT2D eigenvalue weighted by Crippen LogP contribution is 2.68. The van der Waals surface area contributed by atoms with E-state index >= 15 is 0 Å². The van der Waals surface area contributed by atoms with Crippen LogP contribution < -0.4 is 15.2 Å². The molecule has 7 fully saturated rings. The molecule has 4 unspecified atom stereocenters. The molecule has 9 nitrogen and oxygen atoms in total. The van der Waals surface area contributed by atoms with Gasteiger partial charge in [0, 0.05) is 28.2 Å². The van der Waals surface area contributed by atoms with Gasteiger partial charge in [-0.3, -0.25) is 9.44 Å². The van der Waals surface area contributed by atoms with Gasteiger partial charge in [-0.1, -0.05) is 196 Å². The van der Waals surface area contributed by atoms with Crippen molar-refractivity contribution in [2.24, 2.45) is 63.6 Å². The lowest BCUT2D eigenvalue weighted by Gasteiger charge is -2.65. The Morgan fingerprint density at radius 1 is 0.659 bits per heavy atom. The topological polar surface area (TPSA) is 159 Å². The molecular formula is C67H111B3N3O6S3. The smallest absolute Gasteiger partial charge is 0.424 e. The van der Waals surface area contributed by atoms with Crippen LogP contribution >= 0.6 is 12.6 Å². The number of rotatable bonds is 8. The normalized spacial score (nSPS) is 24.9. The largest absolute Gasteiger partial charge is 0.480 e. The van der Waals surface area contributed by atoms with Crippen LogP contribution in [0.2, 0.25) is 18.5 Å². The zero-order chi connectivity index (χ0) is 64.0. The van der Waals surface area contributed by atoms with E-state index in [2.05, 4.69) is 131 Å².